The maximum absolute atomic E-state index is 13.1. The summed E-state index contributed by atoms with van der Waals surface area (Å²) in [7, 11) is 3.93. The molecule has 0 radical (unpaired) electrons. The van der Waals surface area contributed by atoms with Crippen molar-refractivity contribution < 1.29 is 9.59 Å². The average Bonchev–Trinajstić information content (AvgIpc) is 3.02. The Morgan fingerprint density at radius 3 is 2.81 bits per heavy atom. The number of likely N-dealkylation sites (N-methyl/N-ethyl adjacent to an activating group) is 1. The molecule has 1 atom stereocenters. The second kappa shape index (κ2) is 11.4. The molecule has 36 heavy (non-hydrogen) atoms. The Hall–Kier alpha value is -2.94. The third kappa shape index (κ3) is 5.88. The lowest BCUT2D eigenvalue weighted by Crippen LogP contribution is -2.35. The van der Waals surface area contributed by atoms with Crippen LogP contribution in [0.1, 0.15) is 41.2 Å². The molecule has 0 bridgehead atoms. The van der Waals surface area contributed by atoms with Crippen LogP contribution < -0.4 is 5.32 Å². The number of carbonyl (C=O) groups excluding carboxylic acids is 2. The smallest absolute Gasteiger partial charge is 0.259 e. The predicted molar refractivity (Wildman–Crippen MR) is 144 cm³/mol. The number of carbonyl (C=O) groups is 2. The summed E-state index contributed by atoms with van der Waals surface area (Å²) in [6.45, 7) is 3.96. The molecule has 3 aromatic rings. The summed E-state index contributed by atoms with van der Waals surface area (Å²) < 4.78 is 2.07. The second-order valence-electron chi connectivity index (χ2n) is 9.30. The van der Waals surface area contributed by atoms with Gasteiger partial charge in [0, 0.05) is 31.9 Å². The number of hydrogen-bond acceptors (Lipinski definition) is 5. The van der Waals surface area contributed by atoms with E-state index in [9.17, 15) is 9.59 Å². The Kier molecular flexibility index (Phi) is 8.28. The van der Waals surface area contributed by atoms with Crippen molar-refractivity contribution in [3.05, 3.63) is 63.9 Å². The maximum Gasteiger partial charge on any atom is 0.259 e. The minimum atomic E-state index is -0.386. The Morgan fingerprint density at radius 1 is 1.25 bits per heavy atom. The van der Waals surface area contributed by atoms with Crippen LogP contribution in [0.15, 0.2) is 42.6 Å². The Morgan fingerprint density at radius 2 is 2.06 bits per heavy atom. The van der Waals surface area contributed by atoms with Gasteiger partial charge in [-0.05, 0) is 58.0 Å². The fourth-order valence-corrected chi connectivity index (χ4v) is 4.75. The highest BCUT2D eigenvalue weighted by atomic mass is 35.5. The molecule has 3 heterocycles. The number of hydrogen-bond donors (Lipinski definition) is 1. The molecule has 1 aliphatic rings. The molecule has 1 aliphatic heterocycles. The summed E-state index contributed by atoms with van der Waals surface area (Å²) in [6.07, 6.45) is 7.67. The number of para-hydroxylation sites is 1. The number of rotatable bonds is 6. The van der Waals surface area contributed by atoms with Crippen molar-refractivity contribution in [2.24, 2.45) is 0 Å². The van der Waals surface area contributed by atoms with Crippen molar-refractivity contribution in [1.82, 2.24) is 24.3 Å². The van der Waals surface area contributed by atoms with E-state index in [1.807, 2.05) is 55.1 Å². The molecule has 1 fully saturated rings. The van der Waals surface area contributed by atoms with E-state index < -0.39 is 0 Å². The van der Waals surface area contributed by atoms with Crippen molar-refractivity contribution >= 4 is 52.0 Å². The molecule has 10 heteroatoms. The maximum atomic E-state index is 13.1. The average molecular weight is 529 g/mol. The first-order valence-electron chi connectivity index (χ1n) is 11.9. The van der Waals surface area contributed by atoms with E-state index in [2.05, 4.69) is 14.9 Å². The van der Waals surface area contributed by atoms with Gasteiger partial charge in [0.25, 0.3) is 5.91 Å². The van der Waals surface area contributed by atoms with Gasteiger partial charge in [-0.1, -0.05) is 41.4 Å². The molecule has 0 saturated carbocycles. The van der Waals surface area contributed by atoms with Gasteiger partial charge in [-0.2, -0.15) is 0 Å². The summed E-state index contributed by atoms with van der Waals surface area (Å²) in [5, 5.41) is 3.29. The van der Waals surface area contributed by atoms with Crippen molar-refractivity contribution in [1.29, 1.82) is 0 Å². The Bertz CT molecular complexity index is 1300. The van der Waals surface area contributed by atoms with Crippen LogP contribution in [0.2, 0.25) is 10.2 Å². The zero-order chi connectivity index (χ0) is 25.8. The topological polar surface area (TPSA) is 83.4 Å². The predicted octanol–water partition coefficient (Wildman–Crippen LogP) is 4.97. The highest BCUT2D eigenvalue weighted by Crippen LogP contribution is 2.32. The number of pyridine rings is 1. The zero-order valence-corrected chi connectivity index (χ0v) is 22.2. The normalized spacial score (nSPS) is 16.6. The van der Waals surface area contributed by atoms with Crippen molar-refractivity contribution in [3.8, 4) is 0 Å². The number of nitrogens with zero attached hydrogens (tertiary/aromatic N) is 5. The standard InChI is InChI=1S/C26H30Cl2N6O2/c1-17-8-6-10-21-23(17)34(26(30-21)31-25(36)18-14-20(27)24(28)29-15-18)19-9-4-5-13-33(16-19)22(35)11-7-12-32(2)3/h6-8,10-11,14-15,19H,4-5,9,12-13,16H2,1-3H3,(H,30,31,36)/t19-/m1/s1. The number of anilines is 1. The van der Waals surface area contributed by atoms with Crippen LogP contribution in [0.25, 0.3) is 11.0 Å². The molecule has 1 aromatic carbocycles. The van der Waals surface area contributed by atoms with Gasteiger partial charge >= 0.3 is 0 Å². The number of halogens is 2. The minimum absolute atomic E-state index is 0.00245. The zero-order valence-electron chi connectivity index (χ0n) is 20.7. The molecule has 1 N–H and O–H groups in total. The molecule has 0 spiro atoms. The van der Waals surface area contributed by atoms with Gasteiger partial charge in [0.15, 0.2) is 0 Å². The molecule has 1 saturated heterocycles. The van der Waals surface area contributed by atoms with E-state index in [0.29, 0.717) is 25.6 Å². The minimum Gasteiger partial charge on any atom is -0.337 e. The van der Waals surface area contributed by atoms with Gasteiger partial charge in [0.1, 0.15) is 5.15 Å². The quantitative estimate of drug-likeness (QED) is 0.360. The van der Waals surface area contributed by atoms with Crippen molar-refractivity contribution in [3.63, 3.8) is 0 Å². The molecule has 2 aromatic heterocycles. The van der Waals surface area contributed by atoms with Gasteiger partial charge in [-0.25, -0.2) is 9.97 Å². The van der Waals surface area contributed by atoms with Crippen LogP contribution in [0.3, 0.4) is 0 Å². The molecule has 190 valence electrons. The van der Waals surface area contributed by atoms with Crippen LogP contribution in [0.5, 0.6) is 0 Å². The third-order valence-electron chi connectivity index (χ3n) is 6.25. The number of fused-ring (bicyclic) bond motifs is 1. The van der Waals surface area contributed by atoms with E-state index in [0.717, 1.165) is 35.9 Å². The van der Waals surface area contributed by atoms with E-state index in [-0.39, 0.29) is 33.6 Å². The van der Waals surface area contributed by atoms with E-state index in [1.54, 1.807) is 6.08 Å². The number of aryl methyl sites for hydroxylation is 1. The summed E-state index contributed by atoms with van der Waals surface area (Å²) in [5.74, 6) is 0.0404. The molecule has 2 amide bonds. The highest BCUT2D eigenvalue weighted by molar-refractivity contribution is 6.41. The van der Waals surface area contributed by atoms with Gasteiger partial charge in [0.2, 0.25) is 11.9 Å². The lowest BCUT2D eigenvalue weighted by Gasteiger charge is -2.26. The van der Waals surface area contributed by atoms with E-state index >= 15 is 0 Å². The summed E-state index contributed by atoms with van der Waals surface area (Å²) in [4.78, 5) is 38.7. The van der Waals surface area contributed by atoms with Crippen LogP contribution in [-0.2, 0) is 4.79 Å². The number of likely N-dealkylation sites (tertiary alicyclic amines) is 1. The first-order chi connectivity index (χ1) is 17.2. The van der Waals surface area contributed by atoms with Crippen LogP contribution in [0, 0.1) is 6.92 Å². The molecule has 4 rings (SSSR count). The van der Waals surface area contributed by atoms with Gasteiger partial charge in [-0.3, -0.25) is 14.9 Å². The Balaban J connectivity index is 1.68. The summed E-state index contributed by atoms with van der Waals surface area (Å²) >= 11 is 12.0. The fraction of sp³-hybridized carbons (Fsp3) is 0.385. The molecule has 0 aliphatic carbocycles. The van der Waals surface area contributed by atoms with Gasteiger partial charge in [0.05, 0.1) is 27.7 Å². The molecular weight excluding hydrogens is 499 g/mol. The van der Waals surface area contributed by atoms with Crippen molar-refractivity contribution in [2.75, 3.05) is 39.0 Å². The van der Waals surface area contributed by atoms with Crippen LogP contribution in [0.4, 0.5) is 5.95 Å². The largest absolute Gasteiger partial charge is 0.337 e. The fourth-order valence-electron chi connectivity index (χ4n) is 4.48. The van der Waals surface area contributed by atoms with Gasteiger partial charge < -0.3 is 14.4 Å². The number of imidazole rings is 1. The van der Waals surface area contributed by atoms with E-state index in [1.165, 1.54) is 12.3 Å². The highest BCUT2D eigenvalue weighted by Gasteiger charge is 2.27. The van der Waals surface area contributed by atoms with Gasteiger partial charge in [-0.15, -0.1) is 0 Å². The number of aromatic nitrogens is 3. The van der Waals surface area contributed by atoms with E-state index in [4.69, 9.17) is 28.2 Å². The lowest BCUT2D eigenvalue weighted by atomic mass is 10.1. The first kappa shape index (κ1) is 26.1. The van der Waals surface area contributed by atoms with Crippen LogP contribution in [-0.4, -0.2) is 69.9 Å². The van der Waals surface area contributed by atoms with Crippen LogP contribution >= 0.6 is 23.2 Å². The number of nitrogens with one attached hydrogen (secondary N) is 1. The summed E-state index contributed by atoms with van der Waals surface area (Å²) in [5.41, 5.74) is 3.06. The lowest BCUT2D eigenvalue weighted by molar-refractivity contribution is -0.126. The number of amides is 2. The molecular formula is C26H30Cl2N6O2. The Labute approximate surface area is 220 Å². The third-order valence-corrected chi connectivity index (χ3v) is 6.94. The second-order valence-corrected chi connectivity index (χ2v) is 10.1. The van der Waals surface area contributed by atoms with Crippen molar-refractivity contribution in [2.45, 2.75) is 32.2 Å². The molecule has 8 nitrogen and oxygen atoms in total. The summed E-state index contributed by atoms with van der Waals surface area (Å²) in [6, 6.07) is 7.34. The SMILES string of the molecule is Cc1cccc2nc(NC(=O)c3cnc(Cl)c(Cl)c3)n([C@@H]3CCCCN(C(=O)C=CCN(C)C)C3)c12. The first-order valence-corrected chi connectivity index (χ1v) is 12.7. The molecule has 0 unspecified atom stereocenters. The monoisotopic (exact) mass is 528 g/mol. The number of benzene rings is 1.